The van der Waals surface area contributed by atoms with Crippen LogP contribution in [0.3, 0.4) is 0 Å². The topological polar surface area (TPSA) is 29.9 Å². The number of nitrogens with one attached hydrogen (secondary N) is 1. The van der Waals surface area contributed by atoms with Gasteiger partial charge in [0.2, 0.25) is 0 Å². The highest BCUT2D eigenvalue weighted by atomic mass is 15.3. The molecule has 0 unspecified atom stereocenters. The Morgan fingerprint density at radius 2 is 1.95 bits per heavy atom. The number of rotatable bonds is 7. The normalized spacial score (nSPS) is 11.1. The quantitative estimate of drug-likeness (QED) is 0.826. The Hall–Kier alpha value is -1.61. The van der Waals surface area contributed by atoms with E-state index in [1.807, 2.05) is 6.20 Å². The van der Waals surface area contributed by atoms with Crippen LogP contribution in [-0.4, -0.2) is 15.8 Å². The summed E-state index contributed by atoms with van der Waals surface area (Å²) >= 11 is 0. The van der Waals surface area contributed by atoms with E-state index in [9.17, 15) is 0 Å². The third-order valence-electron chi connectivity index (χ3n) is 3.17. The van der Waals surface area contributed by atoms with Crippen LogP contribution in [-0.2, 0) is 19.5 Å². The number of nitrogens with zero attached hydrogens (tertiary/aromatic N) is 2. The predicted molar refractivity (Wildman–Crippen MR) is 79.0 cm³/mol. The molecule has 3 heteroatoms. The number of hydrogen-bond acceptors (Lipinski definition) is 2. The zero-order valence-electron chi connectivity index (χ0n) is 11.8. The van der Waals surface area contributed by atoms with Crippen molar-refractivity contribution < 1.29 is 0 Å². The minimum absolute atomic E-state index is 0.507. The number of aryl methyl sites for hydroxylation is 2. The van der Waals surface area contributed by atoms with Gasteiger partial charge >= 0.3 is 0 Å². The van der Waals surface area contributed by atoms with Crippen molar-refractivity contribution in [1.29, 1.82) is 0 Å². The molecule has 3 nitrogen and oxygen atoms in total. The lowest BCUT2D eigenvalue weighted by molar-refractivity contribution is 0.514. The first kappa shape index (κ1) is 13.8. The molecule has 102 valence electrons. The fraction of sp³-hybridized carbons (Fsp3) is 0.438. The second-order valence-corrected chi connectivity index (χ2v) is 5.17. The molecule has 0 saturated carbocycles. The molecule has 1 N–H and O–H groups in total. The molecule has 1 aromatic carbocycles. The van der Waals surface area contributed by atoms with Gasteiger partial charge in [-0.15, -0.1) is 0 Å². The first-order valence-electron chi connectivity index (χ1n) is 7.03. The summed E-state index contributed by atoms with van der Waals surface area (Å²) in [4.78, 5) is 0. The summed E-state index contributed by atoms with van der Waals surface area (Å²) in [5.41, 5.74) is 2.67. The van der Waals surface area contributed by atoms with Crippen LogP contribution in [0.5, 0.6) is 0 Å². The zero-order valence-corrected chi connectivity index (χ0v) is 11.8. The monoisotopic (exact) mass is 257 g/mol. The molecule has 1 heterocycles. The van der Waals surface area contributed by atoms with Gasteiger partial charge in [-0.1, -0.05) is 44.2 Å². The smallest absolute Gasteiger partial charge is 0.0522 e. The second kappa shape index (κ2) is 7.10. The van der Waals surface area contributed by atoms with Crippen molar-refractivity contribution in [3.05, 3.63) is 53.9 Å². The highest BCUT2D eigenvalue weighted by molar-refractivity contribution is 5.14. The maximum atomic E-state index is 4.40. The Morgan fingerprint density at radius 1 is 1.16 bits per heavy atom. The summed E-state index contributed by atoms with van der Waals surface area (Å²) < 4.78 is 2.11. The van der Waals surface area contributed by atoms with Crippen molar-refractivity contribution in [2.75, 3.05) is 0 Å². The molecule has 2 aromatic rings. The van der Waals surface area contributed by atoms with Gasteiger partial charge in [-0.3, -0.25) is 4.68 Å². The van der Waals surface area contributed by atoms with Crippen molar-refractivity contribution in [1.82, 2.24) is 15.1 Å². The van der Waals surface area contributed by atoms with Gasteiger partial charge in [0.15, 0.2) is 0 Å². The molecule has 0 aliphatic rings. The highest BCUT2D eigenvalue weighted by Gasteiger charge is 2.03. The molecule has 0 atom stereocenters. The lowest BCUT2D eigenvalue weighted by atomic mass is 10.1. The summed E-state index contributed by atoms with van der Waals surface area (Å²) in [5.74, 6) is 0. The van der Waals surface area contributed by atoms with Gasteiger partial charge in [0.05, 0.1) is 5.69 Å². The minimum atomic E-state index is 0.507. The summed E-state index contributed by atoms with van der Waals surface area (Å²) in [6.07, 6.45) is 4.12. The molecule has 0 bridgehead atoms. The van der Waals surface area contributed by atoms with Crippen LogP contribution in [0.1, 0.15) is 31.5 Å². The van der Waals surface area contributed by atoms with Crippen molar-refractivity contribution in [3.63, 3.8) is 0 Å². The van der Waals surface area contributed by atoms with Crippen LogP contribution in [0.4, 0.5) is 0 Å². The van der Waals surface area contributed by atoms with Gasteiger partial charge in [0.1, 0.15) is 0 Å². The van der Waals surface area contributed by atoms with Crippen molar-refractivity contribution in [2.45, 2.75) is 45.8 Å². The summed E-state index contributed by atoms with van der Waals surface area (Å²) in [5, 5.41) is 7.84. The molecule has 0 aliphatic heterocycles. The number of hydrogen-bond donors (Lipinski definition) is 1. The Labute approximate surface area is 115 Å². The van der Waals surface area contributed by atoms with Crippen LogP contribution in [0, 0.1) is 0 Å². The molecule has 0 aliphatic carbocycles. The highest BCUT2D eigenvalue weighted by Crippen LogP contribution is 2.06. The summed E-state index contributed by atoms with van der Waals surface area (Å²) in [6, 6.07) is 13.2. The fourth-order valence-corrected chi connectivity index (χ4v) is 2.10. The van der Waals surface area contributed by atoms with E-state index in [4.69, 9.17) is 0 Å². The van der Waals surface area contributed by atoms with Crippen LogP contribution < -0.4 is 5.32 Å². The van der Waals surface area contributed by atoms with Gasteiger partial charge in [0, 0.05) is 25.3 Å². The molecule has 0 saturated heterocycles. The second-order valence-electron chi connectivity index (χ2n) is 5.17. The minimum Gasteiger partial charge on any atom is -0.309 e. The van der Waals surface area contributed by atoms with Crippen LogP contribution >= 0.6 is 0 Å². The Bertz CT molecular complexity index is 474. The van der Waals surface area contributed by atoms with Crippen LogP contribution in [0.15, 0.2) is 42.6 Å². The SMILES string of the molecule is CC(C)NCc1ccnn1CCCc1ccccc1. The molecule has 0 amide bonds. The lowest BCUT2D eigenvalue weighted by Crippen LogP contribution is -2.23. The molecule has 2 rings (SSSR count). The van der Waals surface area contributed by atoms with Crippen LogP contribution in [0.2, 0.25) is 0 Å². The largest absolute Gasteiger partial charge is 0.309 e. The summed E-state index contributed by atoms with van der Waals surface area (Å²) in [7, 11) is 0. The van der Waals surface area contributed by atoms with Crippen LogP contribution in [0.25, 0.3) is 0 Å². The van der Waals surface area contributed by atoms with Crippen molar-refractivity contribution in [2.24, 2.45) is 0 Å². The first-order chi connectivity index (χ1) is 9.25. The van der Waals surface area contributed by atoms with Gasteiger partial charge in [0.25, 0.3) is 0 Å². The number of aromatic nitrogens is 2. The zero-order chi connectivity index (χ0) is 13.5. The first-order valence-corrected chi connectivity index (χ1v) is 7.03. The van der Waals surface area contributed by atoms with E-state index in [0.717, 1.165) is 25.9 Å². The van der Waals surface area contributed by atoms with E-state index >= 15 is 0 Å². The average Bonchev–Trinajstić information content (AvgIpc) is 2.85. The number of benzene rings is 1. The van der Waals surface area contributed by atoms with E-state index in [0.29, 0.717) is 6.04 Å². The fourth-order valence-electron chi connectivity index (χ4n) is 2.10. The van der Waals surface area contributed by atoms with E-state index in [1.54, 1.807) is 0 Å². The average molecular weight is 257 g/mol. The van der Waals surface area contributed by atoms with Gasteiger partial charge in [-0.2, -0.15) is 5.10 Å². The Balaban J connectivity index is 1.81. The van der Waals surface area contributed by atoms with Gasteiger partial charge in [-0.05, 0) is 24.5 Å². The lowest BCUT2D eigenvalue weighted by Gasteiger charge is -2.10. The van der Waals surface area contributed by atoms with Gasteiger partial charge < -0.3 is 5.32 Å². The van der Waals surface area contributed by atoms with E-state index in [-0.39, 0.29) is 0 Å². The van der Waals surface area contributed by atoms with Gasteiger partial charge in [-0.25, -0.2) is 0 Å². The molecule has 0 spiro atoms. The third kappa shape index (κ3) is 4.52. The molecule has 0 radical (unpaired) electrons. The molecule has 1 aromatic heterocycles. The predicted octanol–water partition coefficient (Wildman–Crippen LogP) is 3.01. The molecule has 19 heavy (non-hydrogen) atoms. The maximum Gasteiger partial charge on any atom is 0.0522 e. The standard InChI is InChI=1S/C16H23N3/c1-14(2)17-13-16-10-11-18-19(16)12-6-9-15-7-4-3-5-8-15/h3-5,7-8,10-11,14,17H,6,9,12-13H2,1-2H3. The van der Waals surface area contributed by atoms with E-state index < -0.39 is 0 Å². The molecule has 0 fully saturated rings. The molecular formula is C16H23N3. The molecular weight excluding hydrogens is 234 g/mol. The van der Waals surface area contributed by atoms with Crippen molar-refractivity contribution in [3.8, 4) is 0 Å². The maximum absolute atomic E-state index is 4.40. The van der Waals surface area contributed by atoms with Crippen molar-refractivity contribution >= 4 is 0 Å². The Kier molecular flexibility index (Phi) is 5.16. The Morgan fingerprint density at radius 3 is 2.68 bits per heavy atom. The summed E-state index contributed by atoms with van der Waals surface area (Å²) in [6.45, 7) is 6.20. The van der Waals surface area contributed by atoms with E-state index in [2.05, 4.69) is 65.3 Å². The third-order valence-corrected chi connectivity index (χ3v) is 3.17. The van der Waals surface area contributed by atoms with E-state index in [1.165, 1.54) is 11.3 Å².